The fourth-order valence-corrected chi connectivity index (χ4v) is 1.64. The van der Waals surface area contributed by atoms with Crippen molar-refractivity contribution in [1.29, 1.82) is 0 Å². The summed E-state index contributed by atoms with van der Waals surface area (Å²) in [5, 5.41) is 14.0. The van der Waals surface area contributed by atoms with E-state index in [1.165, 1.54) is 0 Å². The Kier molecular flexibility index (Phi) is 5.41. The Morgan fingerprint density at radius 2 is 2.05 bits per heavy atom. The smallest absolute Gasteiger partial charge is 0.315 e. The molecule has 0 saturated carbocycles. The van der Waals surface area contributed by atoms with E-state index in [4.69, 9.17) is 9.52 Å². The zero-order chi connectivity index (χ0) is 14.4. The molecule has 0 bridgehead atoms. The van der Waals surface area contributed by atoms with Gasteiger partial charge in [-0.2, -0.15) is 0 Å². The predicted molar refractivity (Wildman–Crippen MR) is 69.8 cm³/mol. The van der Waals surface area contributed by atoms with Crippen molar-refractivity contribution >= 4 is 12.0 Å². The number of carboxylic acid groups (broad SMARTS) is 1. The molecule has 0 aliphatic rings. The van der Waals surface area contributed by atoms with Crippen LogP contribution in [0.3, 0.4) is 0 Å². The number of amides is 2. The van der Waals surface area contributed by atoms with E-state index in [0.29, 0.717) is 12.3 Å². The van der Waals surface area contributed by atoms with E-state index in [0.717, 1.165) is 5.76 Å². The summed E-state index contributed by atoms with van der Waals surface area (Å²) >= 11 is 0. The molecule has 0 fully saturated rings. The first-order chi connectivity index (χ1) is 8.88. The third-order valence-corrected chi connectivity index (χ3v) is 2.67. The minimum absolute atomic E-state index is 0.0349. The highest BCUT2D eigenvalue weighted by molar-refractivity contribution is 5.74. The van der Waals surface area contributed by atoms with E-state index >= 15 is 0 Å². The van der Waals surface area contributed by atoms with Gasteiger partial charge in [0.05, 0.1) is 6.04 Å². The highest BCUT2D eigenvalue weighted by Gasteiger charge is 2.14. The fourth-order valence-electron chi connectivity index (χ4n) is 1.64. The topological polar surface area (TPSA) is 91.6 Å². The molecule has 106 valence electrons. The molecule has 1 rings (SSSR count). The second-order valence-corrected chi connectivity index (χ2v) is 4.73. The number of carboxylic acids is 1. The first-order valence-corrected chi connectivity index (χ1v) is 6.21. The van der Waals surface area contributed by atoms with E-state index in [2.05, 4.69) is 10.6 Å². The van der Waals surface area contributed by atoms with Gasteiger partial charge in [-0.25, -0.2) is 4.79 Å². The standard InChI is InChI=1S/C13H20N2O4/c1-8(6-12(16)17)7-14-13(18)15-10(3)11-5-4-9(2)19-11/h4-5,8,10H,6-7H2,1-3H3,(H,16,17)(H2,14,15,18). The van der Waals surface area contributed by atoms with Gasteiger partial charge >= 0.3 is 12.0 Å². The van der Waals surface area contributed by atoms with Crippen molar-refractivity contribution in [3.8, 4) is 0 Å². The van der Waals surface area contributed by atoms with Crippen LogP contribution in [0.4, 0.5) is 4.79 Å². The largest absolute Gasteiger partial charge is 0.481 e. The third-order valence-electron chi connectivity index (χ3n) is 2.67. The van der Waals surface area contributed by atoms with Crippen molar-refractivity contribution < 1.29 is 19.1 Å². The van der Waals surface area contributed by atoms with Crippen LogP contribution in [-0.2, 0) is 4.79 Å². The van der Waals surface area contributed by atoms with Gasteiger partial charge in [0.15, 0.2) is 0 Å². The van der Waals surface area contributed by atoms with Gasteiger partial charge in [-0.1, -0.05) is 6.92 Å². The molecular formula is C13H20N2O4. The van der Waals surface area contributed by atoms with E-state index in [9.17, 15) is 9.59 Å². The van der Waals surface area contributed by atoms with Crippen LogP contribution in [0.5, 0.6) is 0 Å². The molecular weight excluding hydrogens is 248 g/mol. The molecule has 19 heavy (non-hydrogen) atoms. The first-order valence-electron chi connectivity index (χ1n) is 6.21. The van der Waals surface area contributed by atoms with Crippen LogP contribution in [0, 0.1) is 12.8 Å². The number of aliphatic carboxylic acids is 1. The van der Waals surface area contributed by atoms with Gasteiger partial charge in [0.2, 0.25) is 0 Å². The average molecular weight is 268 g/mol. The molecule has 0 spiro atoms. The lowest BCUT2D eigenvalue weighted by Crippen LogP contribution is -2.39. The maximum Gasteiger partial charge on any atom is 0.315 e. The van der Waals surface area contributed by atoms with Crippen LogP contribution in [0.25, 0.3) is 0 Å². The highest BCUT2D eigenvalue weighted by atomic mass is 16.4. The lowest BCUT2D eigenvalue weighted by molar-refractivity contribution is -0.137. The number of furan rings is 1. The van der Waals surface area contributed by atoms with Crippen molar-refractivity contribution in [1.82, 2.24) is 10.6 Å². The average Bonchev–Trinajstić information content (AvgIpc) is 2.72. The second-order valence-electron chi connectivity index (χ2n) is 4.73. The zero-order valence-electron chi connectivity index (χ0n) is 11.4. The third kappa shape index (κ3) is 5.46. The summed E-state index contributed by atoms with van der Waals surface area (Å²) in [6.45, 7) is 5.75. The molecule has 6 heteroatoms. The van der Waals surface area contributed by atoms with Gasteiger partial charge < -0.3 is 20.2 Å². The van der Waals surface area contributed by atoms with E-state index in [-0.39, 0.29) is 24.4 Å². The van der Waals surface area contributed by atoms with Crippen molar-refractivity contribution in [2.45, 2.75) is 33.2 Å². The number of carbonyl (C=O) groups excluding carboxylic acids is 1. The number of hydrogen-bond donors (Lipinski definition) is 3. The molecule has 2 atom stereocenters. The van der Waals surface area contributed by atoms with Crippen LogP contribution in [-0.4, -0.2) is 23.7 Å². The molecule has 1 aromatic rings. The Morgan fingerprint density at radius 3 is 2.58 bits per heavy atom. The molecule has 0 saturated heterocycles. The van der Waals surface area contributed by atoms with Crippen LogP contribution in [0.15, 0.2) is 16.5 Å². The van der Waals surface area contributed by atoms with Crippen molar-refractivity contribution in [2.75, 3.05) is 6.54 Å². The van der Waals surface area contributed by atoms with Crippen LogP contribution >= 0.6 is 0 Å². The van der Waals surface area contributed by atoms with Crippen molar-refractivity contribution in [3.05, 3.63) is 23.7 Å². The number of nitrogens with one attached hydrogen (secondary N) is 2. The summed E-state index contributed by atoms with van der Waals surface area (Å²) in [6, 6.07) is 3.08. The van der Waals surface area contributed by atoms with Crippen LogP contribution in [0.1, 0.15) is 37.8 Å². The van der Waals surface area contributed by atoms with E-state index in [1.807, 2.05) is 26.0 Å². The molecule has 3 N–H and O–H groups in total. The Morgan fingerprint density at radius 1 is 1.37 bits per heavy atom. The van der Waals surface area contributed by atoms with Gasteiger partial charge in [0.1, 0.15) is 11.5 Å². The molecule has 0 radical (unpaired) electrons. The number of urea groups is 1. The lowest BCUT2D eigenvalue weighted by Gasteiger charge is -2.14. The van der Waals surface area contributed by atoms with Gasteiger partial charge in [-0.3, -0.25) is 4.79 Å². The van der Waals surface area contributed by atoms with E-state index < -0.39 is 5.97 Å². The molecule has 0 aliphatic carbocycles. The maximum atomic E-state index is 11.6. The summed E-state index contributed by atoms with van der Waals surface area (Å²) in [4.78, 5) is 22.1. The van der Waals surface area contributed by atoms with Crippen molar-refractivity contribution in [3.63, 3.8) is 0 Å². The number of carbonyl (C=O) groups is 2. The normalized spacial score (nSPS) is 13.6. The zero-order valence-corrected chi connectivity index (χ0v) is 11.4. The minimum Gasteiger partial charge on any atom is -0.481 e. The van der Waals surface area contributed by atoms with Gasteiger partial charge in [-0.15, -0.1) is 0 Å². The maximum absolute atomic E-state index is 11.6. The van der Waals surface area contributed by atoms with Crippen molar-refractivity contribution in [2.24, 2.45) is 5.92 Å². The first kappa shape index (κ1) is 15.1. The van der Waals surface area contributed by atoms with Gasteiger partial charge in [0, 0.05) is 13.0 Å². The van der Waals surface area contributed by atoms with Crippen LogP contribution < -0.4 is 10.6 Å². The number of hydrogen-bond acceptors (Lipinski definition) is 3. The fraction of sp³-hybridized carbons (Fsp3) is 0.538. The Bertz CT molecular complexity index is 442. The molecule has 1 heterocycles. The van der Waals surface area contributed by atoms with Gasteiger partial charge in [0.25, 0.3) is 0 Å². The minimum atomic E-state index is -0.867. The van der Waals surface area contributed by atoms with Crippen LogP contribution in [0.2, 0.25) is 0 Å². The summed E-state index contributed by atoms with van der Waals surface area (Å²) in [7, 11) is 0. The number of rotatable bonds is 6. The molecule has 0 aliphatic heterocycles. The monoisotopic (exact) mass is 268 g/mol. The number of aryl methyl sites for hydroxylation is 1. The molecule has 2 unspecified atom stereocenters. The SMILES string of the molecule is Cc1ccc(C(C)NC(=O)NCC(C)CC(=O)O)o1. The summed E-state index contributed by atoms with van der Waals surface area (Å²) in [5.41, 5.74) is 0. The Labute approximate surface area is 112 Å². The summed E-state index contributed by atoms with van der Waals surface area (Å²) in [5.74, 6) is 0.504. The lowest BCUT2D eigenvalue weighted by atomic mass is 10.1. The summed E-state index contributed by atoms with van der Waals surface area (Å²) < 4.78 is 5.40. The second kappa shape index (κ2) is 6.82. The quantitative estimate of drug-likeness (QED) is 0.736. The Hall–Kier alpha value is -1.98. The summed E-state index contributed by atoms with van der Waals surface area (Å²) in [6.07, 6.45) is 0.0349. The highest BCUT2D eigenvalue weighted by Crippen LogP contribution is 2.15. The predicted octanol–water partition coefficient (Wildman–Crippen LogP) is 2.06. The molecule has 0 aromatic carbocycles. The molecule has 6 nitrogen and oxygen atoms in total. The van der Waals surface area contributed by atoms with E-state index in [1.54, 1.807) is 6.92 Å². The molecule has 1 aromatic heterocycles. The Balaban J connectivity index is 2.33. The van der Waals surface area contributed by atoms with Gasteiger partial charge in [-0.05, 0) is 31.9 Å². The molecule has 2 amide bonds.